The van der Waals surface area contributed by atoms with Gasteiger partial charge >= 0.3 is 0 Å². The molecule has 0 fully saturated rings. The maximum atomic E-state index is 3.24. The van der Waals surface area contributed by atoms with E-state index in [1.54, 1.807) is 0 Å². The van der Waals surface area contributed by atoms with Gasteiger partial charge in [-0.2, -0.15) is 0 Å². The summed E-state index contributed by atoms with van der Waals surface area (Å²) in [5, 5.41) is 5.36. The summed E-state index contributed by atoms with van der Waals surface area (Å²) in [4.78, 5) is 0. The third kappa shape index (κ3) is 3.61. The second-order valence-electron chi connectivity index (χ2n) is 2.76. The van der Waals surface area contributed by atoms with E-state index in [0.717, 1.165) is 0 Å². The topological polar surface area (TPSA) is 12.0 Å². The van der Waals surface area contributed by atoms with Crippen LogP contribution in [0.4, 0.5) is 0 Å². The molecule has 1 rings (SSSR count). The fourth-order valence-corrected chi connectivity index (χ4v) is 2.81. The van der Waals surface area contributed by atoms with Crippen LogP contribution in [0, 0.1) is 0 Å². The van der Waals surface area contributed by atoms with Crippen molar-refractivity contribution in [2.45, 2.75) is 23.6 Å². The van der Waals surface area contributed by atoms with E-state index in [4.69, 9.17) is 0 Å². The van der Waals surface area contributed by atoms with Crippen molar-refractivity contribution in [3.05, 3.63) is 17.5 Å². The van der Waals surface area contributed by atoms with Crippen LogP contribution in [0.15, 0.2) is 21.7 Å². The van der Waals surface area contributed by atoms with Crippen LogP contribution < -0.4 is 5.32 Å². The minimum absolute atomic E-state index is 0.637. The molecular weight excluding hydrogens is 186 g/mol. The van der Waals surface area contributed by atoms with Crippen LogP contribution in [-0.2, 0) is 0 Å². The molecule has 1 heterocycles. The first-order chi connectivity index (χ1) is 5.83. The predicted molar refractivity (Wildman–Crippen MR) is 58.2 cm³/mol. The van der Waals surface area contributed by atoms with Crippen LogP contribution in [0.5, 0.6) is 0 Å². The van der Waals surface area contributed by atoms with Crippen LogP contribution in [0.2, 0.25) is 0 Å². The molecule has 1 unspecified atom stereocenters. The van der Waals surface area contributed by atoms with Gasteiger partial charge in [0.15, 0.2) is 0 Å². The summed E-state index contributed by atoms with van der Waals surface area (Å²) >= 11 is 3.77. The Morgan fingerprint density at radius 1 is 1.67 bits per heavy atom. The lowest BCUT2D eigenvalue weighted by atomic mass is 10.3. The summed E-state index contributed by atoms with van der Waals surface area (Å²) in [5.74, 6) is 1.21. The molecule has 1 N–H and O–H groups in total. The average molecular weight is 201 g/mol. The van der Waals surface area contributed by atoms with Gasteiger partial charge in [0.1, 0.15) is 0 Å². The van der Waals surface area contributed by atoms with Gasteiger partial charge in [0.05, 0.1) is 4.21 Å². The lowest BCUT2D eigenvalue weighted by Gasteiger charge is -2.07. The minimum atomic E-state index is 0.637. The smallest absolute Gasteiger partial charge is 0.0598 e. The fraction of sp³-hybridized carbons (Fsp3) is 0.556. The van der Waals surface area contributed by atoms with Gasteiger partial charge in [-0.25, -0.2) is 0 Å². The van der Waals surface area contributed by atoms with E-state index in [1.807, 2.05) is 30.1 Å². The molecule has 0 aliphatic rings. The molecular formula is C9H15NS2. The van der Waals surface area contributed by atoms with Crippen LogP contribution in [0.1, 0.15) is 13.3 Å². The molecule has 1 aromatic heterocycles. The minimum Gasteiger partial charge on any atom is -0.317 e. The number of nitrogens with one attached hydrogen (secondary N) is 1. The summed E-state index contributed by atoms with van der Waals surface area (Å²) in [6, 6.07) is 4.92. The number of hydrogen-bond donors (Lipinski definition) is 1. The van der Waals surface area contributed by atoms with Crippen LogP contribution in [0.3, 0.4) is 0 Å². The van der Waals surface area contributed by atoms with E-state index in [9.17, 15) is 0 Å². The quantitative estimate of drug-likeness (QED) is 0.735. The Morgan fingerprint density at radius 3 is 3.08 bits per heavy atom. The monoisotopic (exact) mass is 201 g/mol. The first-order valence-corrected chi connectivity index (χ1v) is 6.03. The summed E-state index contributed by atoms with van der Waals surface area (Å²) < 4.78 is 1.43. The molecule has 1 nitrogen and oxygen atoms in total. The molecule has 1 aromatic rings. The first kappa shape index (κ1) is 10.1. The van der Waals surface area contributed by atoms with Gasteiger partial charge in [-0.3, -0.25) is 0 Å². The lowest BCUT2D eigenvalue weighted by molar-refractivity contribution is 0.598. The molecule has 0 saturated heterocycles. The molecule has 3 heteroatoms. The predicted octanol–water partition coefficient (Wildman–Crippen LogP) is 2.84. The van der Waals surface area contributed by atoms with Crippen LogP contribution >= 0.6 is 23.1 Å². The van der Waals surface area contributed by atoms with Crippen molar-refractivity contribution in [1.82, 2.24) is 5.32 Å². The van der Waals surface area contributed by atoms with E-state index in [-0.39, 0.29) is 0 Å². The third-order valence-corrected chi connectivity index (χ3v) is 3.95. The highest BCUT2D eigenvalue weighted by molar-refractivity contribution is 8.01. The Kier molecular flexibility index (Phi) is 4.73. The highest BCUT2D eigenvalue weighted by Crippen LogP contribution is 2.23. The Bertz CT molecular complexity index is 196. The van der Waals surface area contributed by atoms with Crippen molar-refractivity contribution >= 4 is 23.1 Å². The normalized spacial score (nSPS) is 13.2. The highest BCUT2D eigenvalue weighted by atomic mass is 32.2. The zero-order valence-corrected chi connectivity index (χ0v) is 9.17. The zero-order valence-electron chi connectivity index (χ0n) is 7.54. The number of thiophene rings is 1. The SMILES string of the molecule is CNC(C)CCSc1cccs1. The Hall–Kier alpha value is 0.01000. The van der Waals surface area contributed by atoms with Crippen molar-refractivity contribution in [2.24, 2.45) is 0 Å². The highest BCUT2D eigenvalue weighted by Gasteiger charge is 1.98. The van der Waals surface area contributed by atoms with Gasteiger partial charge < -0.3 is 5.32 Å². The second-order valence-corrected chi connectivity index (χ2v) is 5.10. The molecule has 0 aromatic carbocycles. The van der Waals surface area contributed by atoms with E-state index in [1.165, 1.54) is 16.4 Å². The molecule has 0 bridgehead atoms. The molecule has 0 aliphatic heterocycles. The first-order valence-electron chi connectivity index (χ1n) is 4.16. The summed E-state index contributed by atoms with van der Waals surface area (Å²) in [7, 11) is 2.01. The van der Waals surface area contributed by atoms with E-state index < -0.39 is 0 Å². The van der Waals surface area contributed by atoms with Crippen LogP contribution in [0.25, 0.3) is 0 Å². The van der Waals surface area contributed by atoms with E-state index in [0.29, 0.717) is 6.04 Å². The van der Waals surface area contributed by atoms with Gasteiger partial charge in [0, 0.05) is 11.8 Å². The molecule has 12 heavy (non-hydrogen) atoms. The average Bonchev–Trinajstić information content (AvgIpc) is 2.57. The maximum absolute atomic E-state index is 3.24. The van der Waals surface area contributed by atoms with Gasteiger partial charge in [-0.1, -0.05) is 6.07 Å². The molecule has 0 radical (unpaired) electrons. The van der Waals surface area contributed by atoms with Crippen molar-refractivity contribution in [1.29, 1.82) is 0 Å². The summed E-state index contributed by atoms with van der Waals surface area (Å²) in [6.45, 7) is 2.22. The fourth-order valence-electron chi connectivity index (χ4n) is 0.826. The molecule has 0 spiro atoms. The van der Waals surface area contributed by atoms with Gasteiger partial charge in [-0.05, 0) is 31.8 Å². The standard InChI is InChI=1S/C9H15NS2/c1-8(10-2)5-7-12-9-4-3-6-11-9/h3-4,6,8,10H,5,7H2,1-2H3. The largest absolute Gasteiger partial charge is 0.317 e. The maximum Gasteiger partial charge on any atom is 0.0598 e. The van der Waals surface area contributed by atoms with Crippen molar-refractivity contribution in [3.63, 3.8) is 0 Å². The van der Waals surface area contributed by atoms with Crippen molar-refractivity contribution < 1.29 is 0 Å². The Balaban J connectivity index is 2.11. The molecule has 1 atom stereocenters. The molecule has 68 valence electrons. The van der Waals surface area contributed by atoms with E-state index in [2.05, 4.69) is 29.8 Å². The summed E-state index contributed by atoms with van der Waals surface area (Å²) in [6.07, 6.45) is 1.24. The third-order valence-electron chi connectivity index (χ3n) is 1.78. The zero-order chi connectivity index (χ0) is 8.81. The van der Waals surface area contributed by atoms with E-state index >= 15 is 0 Å². The number of thioether (sulfide) groups is 1. The molecule has 0 saturated carbocycles. The lowest BCUT2D eigenvalue weighted by Crippen LogP contribution is -2.21. The van der Waals surface area contributed by atoms with Gasteiger partial charge in [-0.15, -0.1) is 23.1 Å². The Morgan fingerprint density at radius 2 is 2.50 bits per heavy atom. The number of hydrogen-bond acceptors (Lipinski definition) is 3. The van der Waals surface area contributed by atoms with Crippen molar-refractivity contribution in [2.75, 3.05) is 12.8 Å². The number of rotatable bonds is 5. The van der Waals surface area contributed by atoms with Crippen molar-refractivity contribution in [3.8, 4) is 0 Å². The Labute approximate surface area is 82.6 Å². The second kappa shape index (κ2) is 5.62. The summed E-state index contributed by atoms with van der Waals surface area (Å²) in [5.41, 5.74) is 0. The van der Waals surface area contributed by atoms with Gasteiger partial charge in [0.25, 0.3) is 0 Å². The van der Waals surface area contributed by atoms with Gasteiger partial charge in [0.2, 0.25) is 0 Å². The van der Waals surface area contributed by atoms with Crippen LogP contribution in [-0.4, -0.2) is 18.8 Å². The molecule has 0 amide bonds. The molecule has 0 aliphatic carbocycles.